The number of unbranched alkanes of at least 4 members (excludes halogenated alkanes) is 1. The van der Waals surface area contributed by atoms with Gasteiger partial charge in [0.25, 0.3) is 0 Å². The molecule has 1 atom stereocenters. The lowest BCUT2D eigenvalue weighted by Gasteiger charge is -2.17. The number of nitrogens with zero attached hydrogens (tertiary/aromatic N) is 2. The Balaban J connectivity index is 2.07. The lowest BCUT2D eigenvalue weighted by molar-refractivity contribution is 0.619. The molecule has 0 fully saturated rings. The molecule has 135 valence electrons. The van der Waals surface area contributed by atoms with Crippen LogP contribution in [0.5, 0.6) is 0 Å². The predicted molar refractivity (Wildman–Crippen MR) is 100 cm³/mol. The van der Waals surface area contributed by atoms with Crippen LogP contribution >= 0.6 is 0 Å². The quantitative estimate of drug-likeness (QED) is 0.521. The van der Waals surface area contributed by atoms with Crippen LogP contribution in [-0.2, 0) is 6.42 Å². The van der Waals surface area contributed by atoms with Crippen molar-refractivity contribution in [1.82, 2.24) is 9.78 Å². The first-order valence-corrected chi connectivity index (χ1v) is 9.02. The SMILES string of the molecule is [CH2]CC(c1cccc(F)c1)c1cc(CCCC)nn1-c1ccc(F)cc1. The minimum atomic E-state index is -0.285. The van der Waals surface area contributed by atoms with Crippen LogP contribution < -0.4 is 0 Å². The summed E-state index contributed by atoms with van der Waals surface area (Å²) in [6.07, 6.45) is 3.59. The third kappa shape index (κ3) is 4.01. The molecule has 1 unspecified atom stereocenters. The molecule has 3 rings (SSSR count). The van der Waals surface area contributed by atoms with Crippen LogP contribution in [-0.4, -0.2) is 9.78 Å². The largest absolute Gasteiger partial charge is 0.237 e. The fourth-order valence-electron chi connectivity index (χ4n) is 3.17. The molecule has 2 nitrogen and oxygen atoms in total. The minimum Gasteiger partial charge on any atom is -0.237 e. The second kappa shape index (κ2) is 8.26. The highest BCUT2D eigenvalue weighted by Crippen LogP contribution is 2.31. The summed E-state index contributed by atoms with van der Waals surface area (Å²) in [5.41, 5.74) is 3.59. The summed E-state index contributed by atoms with van der Waals surface area (Å²) in [6.45, 7) is 6.21. The van der Waals surface area contributed by atoms with E-state index < -0.39 is 0 Å². The van der Waals surface area contributed by atoms with Gasteiger partial charge in [-0.2, -0.15) is 5.10 Å². The van der Waals surface area contributed by atoms with Crippen molar-refractivity contribution >= 4 is 0 Å². The standard InChI is InChI=1S/C22H23F2N2/c1-3-5-9-19-15-22(21(4-2)16-7-6-8-18(24)14-16)26(25-19)20-12-10-17(23)11-13-20/h6-8,10-15,21H,2-5,9H2,1H3. The highest BCUT2D eigenvalue weighted by atomic mass is 19.1. The average Bonchev–Trinajstić information content (AvgIpc) is 3.05. The van der Waals surface area contributed by atoms with Crippen LogP contribution in [0.2, 0.25) is 0 Å². The molecule has 0 aliphatic carbocycles. The van der Waals surface area contributed by atoms with Crippen molar-refractivity contribution < 1.29 is 8.78 Å². The van der Waals surface area contributed by atoms with Gasteiger partial charge in [0, 0.05) is 5.92 Å². The van der Waals surface area contributed by atoms with Crippen LogP contribution in [0.25, 0.3) is 5.69 Å². The van der Waals surface area contributed by atoms with Crippen molar-refractivity contribution in [2.24, 2.45) is 0 Å². The summed E-state index contributed by atoms with van der Waals surface area (Å²) < 4.78 is 28.9. The normalized spacial score (nSPS) is 12.3. The van der Waals surface area contributed by atoms with E-state index in [1.165, 1.54) is 18.2 Å². The Morgan fingerprint density at radius 3 is 2.46 bits per heavy atom. The first kappa shape index (κ1) is 18.3. The summed E-state index contributed by atoms with van der Waals surface area (Å²) in [6, 6.07) is 14.9. The minimum absolute atomic E-state index is 0.0846. The summed E-state index contributed by atoms with van der Waals surface area (Å²) in [5.74, 6) is -0.633. The second-order valence-electron chi connectivity index (χ2n) is 6.45. The number of aryl methyl sites for hydroxylation is 1. The smallest absolute Gasteiger partial charge is 0.123 e. The topological polar surface area (TPSA) is 17.8 Å². The molecule has 3 aromatic rings. The van der Waals surface area contributed by atoms with Crippen molar-refractivity contribution in [1.29, 1.82) is 0 Å². The zero-order chi connectivity index (χ0) is 18.5. The van der Waals surface area contributed by atoms with Crippen LogP contribution in [0.15, 0.2) is 54.6 Å². The molecule has 0 aliphatic rings. The number of benzene rings is 2. The van der Waals surface area contributed by atoms with E-state index in [1.807, 2.05) is 10.7 Å². The lowest BCUT2D eigenvalue weighted by atomic mass is 9.92. The summed E-state index contributed by atoms with van der Waals surface area (Å²) in [5, 5.41) is 4.74. The molecule has 2 aromatic carbocycles. The summed E-state index contributed by atoms with van der Waals surface area (Å²) in [7, 11) is 0. The summed E-state index contributed by atoms with van der Waals surface area (Å²) in [4.78, 5) is 0. The molecule has 1 radical (unpaired) electrons. The van der Waals surface area contributed by atoms with E-state index in [9.17, 15) is 8.78 Å². The van der Waals surface area contributed by atoms with E-state index in [0.29, 0.717) is 6.42 Å². The third-order valence-corrected chi connectivity index (χ3v) is 4.54. The number of rotatable bonds is 7. The lowest BCUT2D eigenvalue weighted by Crippen LogP contribution is -2.09. The molecule has 0 saturated carbocycles. The van der Waals surface area contributed by atoms with Crippen molar-refractivity contribution in [3.05, 3.63) is 90.1 Å². The van der Waals surface area contributed by atoms with Crippen LogP contribution in [0.1, 0.15) is 49.1 Å². The molecule has 0 bridgehead atoms. The van der Waals surface area contributed by atoms with E-state index in [0.717, 1.165) is 41.9 Å². The molecular formula is C22H23F2N2. The molecule has 26 heavy (non-hydrogen) atoms. The van der Waals surface area contributed by atoms with Crippen molar-refractivity contribution in [2.45, 2.75) is 38.5 Å². The van der Waals surface area contributed by atoms with Gasteiger partial charge in [0.1, 0.15) is 11.6 Å². The Morgan fingerprint density at radius 1 is 1.04 bits per heavy atom. The van der Waals surface area contributed by atoms with Gasteiger partial charge in [0.2, 0.25) is 0 Å². The van der Waals surface area contributed by atoms with Crippen molar-refractivity contribution in [3.8, 4) is 5.69 Å². The van der Waals surface area contributed by atoms with Gasteiger partial charge in [0.15, 0.2) is 0 Å². The fraction of sp³-hybridized carbons (Fsp3) is 0.273. The molecule has 0 aliphatic heterocycles. The summed E-state index contributed by atoms with van der Waals surface area (Å²) >= 11 is 0. The Bertz CT molecular complexity index is 853. The van der Waals surface area contributed by atoms with Crippen LogP contribution in [0.4, 0.5) is 8.78 Å². The van der Waals surface area contributed by atoms with Crippen molar-refractivity contribution in [2.75, 3.05) is 0 Å². The highest BCUT2D eigenvalue weighted by Gasteiger charge is 2.20. The highest BCUT2D eigenvalue weighted by molar-refractivity contribution is 5.38. The molecule has 4 heteroatoms. The second-order valence-corrected chi connectivity index (χ2v) is 6.45. The number of hydrogen-bond donors (Lipinski definition) is 0. The van der Waals surface area contributed by atoms with Gasteiger partial charge >= 0.3 is 0 Å². The molecular weight excluding hydrogens is 330 g/mol. The maximum Gasteiger partial charge on any atom is 0.123 e. The maximum absolute atomic E-state index is 13.7. The van der Waals surface area contributed by atoms with E-state index in [4.69, 9.17) is 5.10 Å². The van der Waals surface area contributed by atoms with E-state index in [-0.39, 0.29) is 17.6 Å². The average molecular weight is 353 g/mol. The number of halogens is 2. The first-order chi connectivity index (χ1) is 12.6. The van der Waals surface area contributed by atoms with Gasteiger partial charge < -0.3 is 0 Å². The van der Waals surface area contributed by atoms with E-state index in [1.54, 1.807) is 24.3 Å². The van der Waals surface area contributed by atoms with E-state index in [2.05, 4.69) is 19.9 Å². The van der Waals surface area contributed by atoms with Gasteiger partial charge in [-0.3, -0.25) is 0 Å². The first-order valence-electron chi connectivity index (χ1n) is 9.02. The van der Waals surface area contributed by atoms with Crippen LogP contribution in [0, 0.1) is 18.6 Å². The van der Waals surface area contributed by atoms with Gasteiger partial charge in [-0.1, -0.05) is 32.4 Å². The van der Waals surface area contributed by atoms with Gasteiger partial charge in [-0.05, 0) is 67.3 Å². The van der Waals surface area contributed by atoms with Gasteiger partial charge in [0.05, 0.1) is 17.1 Å². The monoisotopic (exact) mass is 353 g/mol. The van der Waals surface area contributed by atoms with Gasteiger partial charge in [-0.15, -0.1) is 0 Å². The molecule has 0 spiro atoms. The zero-order valence-electron chi connectivity index (χ0n) is 15.0. The maximum atomic E-state index is 13.7. The molecule has 0 amide bonds. The van der Waals surface area contributed by atoms with Crippen LogP contribution in [0.3, 0.4) is 0 Å². The third-order valence-electron chi connectivity index (χ3n) is 4.54. The Hall–Kier alpha value is -2.49. The molecule has 0 N–H and O–H groups in total. The Kier molecular flexibility index (Phi) is 5.82. The Morgan fingerprint density at radius 2 is 1.81 bits per heavy atom. The fourth-order valence-corrected chi connectivity index (χ4v) is 3.17. The Labute approximate surface area is 153 Å². The van der Waals surface area contributed by atoms with E-state index >= 15 is 0 Å². The number of aromatic nitrogens is 2. The van der Waals surface area contributed by atoms with Crippen molar-refractivity contribution in [3.63, 3.8) is 0 Å². The zero-order valence-corrected chi connectivity index (χ0v) is 15.0. The van der Waals surface area contributed by atoms with Gasteiger partial charge in [-0.25, -0.2) is 13.5 Å². The molecule has 1 aromatic heterocycles. The number of hydrogen-bond acceptors (Lipinski definition) is 1. The molecule has 0 saturated heterocycles. The molecule has 1 heterocycles. The predicted octanol–water partition coefficient (Wildman–Crippen LogP) is 5.85.